The zero-order valence-corrected chi connectivity index (χ0v) is 11.8. The van der Waals surface area contributed by atoms with Gasteiger partial charge in [-0.15, -0.1) is 0 Å². The fourth-order valence-corrected chi connectivity index (χ4v) is 2.31. The average molecular weight is 256 g/mol. The normalized spacial score (nSPS) is 19.7. The number of carboxylic acid groups (broad SMARTS) is 1. The van der Waals surface area contributed by atoms with E-state index in [0.29, 0.717) is 13.1 Å². The molecule has 1 amide bonds. The van der Waals surface area contributed by atoms with Crippen LogP contribution in [0.15, 0.2) is 0 Å². The van der Waals surface area contributed by atoms with Gasteiger partial charge in [-0.2, -0.15) is 0 Å². The number of carboxylic acids is 1. The Kier molecular flexibility index (Phi) is 4.73. The molecule has 1 aliphatic heterocycles. The van der Waals surface area contributed by atoms with Crippen LogP contribution in [0.5, 0.6) is 0 Å². The van der Waals surface area contributed by atoms with Gasteiger partial charge in [0.1, 0.15) is 5.92 Å². The summed E-state index contributed by atoms with van der Waals surface area (Å²) in [6, 6.07) is 0. The zero-order valence-electron chi connectivity index (χ0n) is 11.8. The van der Waals surface area contributed by atoms with Crippen molar-refractivity contribution < 1.29 is 14.7 Å². The van der Waals surface area contributed by atoms with E-state index in [-0.39, 0.29) is 5.91 Å². The molecule has 0 bridgehead atoms. The molecule has 1 heterocycles. The zero-order chi connectivity index (χ0) is 13.9. The second-order valence-electron chi connectivity index (χ2n) is 5.90. The molecule has 5 nitrogen and oxygen atoms in total. The number of carbonyl (C=O) groups is 2. The van der Waals surface area contributed by atoms with Crippen LogP contribution in [-0.2, 0) is 9.59 Å². The first-order valence-corrected chi connectivity index (χ1v) is 6.51. The van der Waals surface area contributed by atoms with E-state index in [1.807, 2.05) is 0 Å². The van der Waals surface area contributed by atoms with Crippen LogP contribution in [0.25, 0.3) is 0 Å². The van der Waals surface area contributed by atoms with Crippen molar-refractivity contribution in [3.63, 3.8) is 0 Å². The van der Waals surface area contributed by atoms with Crippen molar-refractivity contribution in [1.82, 2.24) is 9.80 Å². The number of carbonyl (C=O) groups excluding carboxylic acids is 1. The molecule has 0 saturated carbocycles. The second kappa shape index (κ2) is 5.69. The highest BCUT2D eigenvalue weighted by molar-refractivity contribution is 5.97. The van der Waals surface area contributed by atoms with Gasteiger partial charge in [-0.05, 0) is 12.0 Å². The molecule has 1 saturated heterocycles. The summed E-state index contributed by atoms with van der Waals surface area (Å²) in [6.07, 6.45) is 0. The van der Waals surface area contributed by atoms with E-state index in [2.05, 4.69) is 11.8 Å². The molecule has 1 N–H and O–H groups in total. The van der Waals surface area contributed by atoms with Crippen molar-refractivity contribution in [3.8, 4) is 0 Å². The lowest BCUT2D eigenvalue weighted by Crippen LogP contribution is -2.53. The van der Waals surface area contributed by atoms with Crippen molar-refractivity contribution in [2.45, 2.75) is 27.7 Å². The van der Waals surface area contributed by atoms with Crippen LogP contribution in [0.3, 0.4) is 0 Å². The molecule has 0 spiro atoms. The Hall–Kier alpha value is -1.10. The highest BCUT2D eigenvalue weighted by Crippen LogP contribution is 2.28. The molecule has 0 radical (unpaired) electrons. The summed E-state index contributed by atoms with van der Waals surface area (Å²) in [5.74, 6) is -2.22. The number of rotatable bonds is 3. The highest BCUT2D eigenvalue weighted by atomic mass is 16.4. The van der Waals surface area contributed by atoms with E-state index in [9.17, 15) is 14.7 Å². The predicted molar refractivity (Wildman–Crippen MR) is 69.3 cm³/mol. The van der Waals surface area contributed by atoms with Crippen molar-refractivity contribution in [1.29, 1.82) is 0 Å². The fraction of sp³-hybridized carbons (Fsp3) is 0.846. The minimum atomic E-state index is -1.02. The van der Waals surface area contributed by atoms with E-state index in [1.54, 1.807) is 25.7 Å². The molecule has 18 heavy (non-hydrogen) atoms. The molecule has 0 aromatic heterocycles. The lowest BCUT2D eigenvalue weighted by atomic mass is 9.79. The molecule has 1 fully saturated rings. The van der Waals surface area contributed by atoms with Crippen LogP contribution in [0, 0.1) is 11.3 Å². The Bertz CT molecular complexity index is 315. The smallest absolute Gasteiger partial charge is 0.316 e. The van der Waals surface area contributed by atoms with Gasteiger partial charge in [0.05, 0.1) is 0 Å². The molecule has 0 aliphatic carbocycles. The summed E-state index contributed by atoms with van der Waals surface area (Å²) >= 11 is 0. The van der Waals surface area contributed by atoms with Gasteiger partial charge < -0.3 is 14.9 Å². The minimum absolute atomic E-state index is 0.245. The Balaban J connectivity index is 2.71. The van der Waals surface area contributed by atoms with E-state index in [4.69, 9.17) is 0 Å². The molecular weight excluding hydrogens is 232 g/mol. The van der Waals surface area contributed by atoms with Gasteiger partial charge in [0, 0.05) is 26.2 Å². The average Bonchev–Trinajstić information content (AvgIpc) is 2.26. The Labute approximate surface area is 109 Å². The minimum Gasteiger partial charge on any atom is -0.481 e. The summed E-state index contributed by atoms with van der Waals surface area (Å²) in [6.45, 7) is 11.4. The molecule has 1 unspecified atom stereocenters. The summed E-state index contributed by atoms with van der Waals surface area (Å²) < 4.78 is 0. The first-order valence-electron chi connectivity index (χ1n) is 6.51. The van der Waals surface area contributed by atoms with Gasteiger partial charge in [0.25, 0.3) is 0 Å². The van der Waals surface area contributed by atoms with Crippen LogP contribution < -0.4 is 0 Å². The molecule has 104 valence electrons. The van der Waals surface area contributed by atoms with Crippen LogP contribution >= 0.6 is 0 Å². The number of amides is 1. The van der Waals surface area contributed by atoms with Crippen molar-refractivity contribution >= 4 is 11.9 Å². The predicted octanol–water partition coefficient (Wildman–Crippen LogP) is 0.897. The third-order valence-corrected chi connectivity index (χ3v) is 3.49. The Morgan fingerprint density at radius 3 is 2.00 bits per heavy atom. The first kappa shape index (κ1) is 15.0. The number of hydrogen-bond acceptors (Lipinski definition) is 3. The number of nitrogens with zero attached hydrogens (tertiary/aromatic N) is 2. The van der Waals surface area contributed by atoms with Crippen LogP contribution in [-0.4, -0.2) is 59.5 Å². The number of likely N-dealkylation sites (N-methyl/N-ethyl adjacent to an activating group) is 1. The molecule has 0 aromatic carbocycles. The van der Waals surface area contributed by atoms with Crippen molar-refractivity contribution in [2.75, 3.05) is 32.7 Å². The molecule has 1 rings (SSSR count). The Morgan fingerprint density at radius 1 is 1.17 bits per heavy atom. The molecule has 1 aliphatic rings. The summed E-state index contributed by atoms with van der Waals surface area (Å²) in [7, 11) is 0. The fourth-order valence-electron chi connectivity index (χ4n) is 2.31. The van der Waals surface area contributed by atoms with E-state index in [1.165, 1.54) is 0 Å². The molecule has 1 atom stereocenters. The van der Waals surface area contributed by atoms with Crippen LogP contribution in [0.1, 0.15) is 27.7 Å². The number of hydrogen-bond donors (Lipinski definition) is 1. The van der Waals surface area contributed by atoms with Gasteiger partial charge in [-0.1, -0.05) is 27.7 Å². The summed E-state index contributed by atoms with van der Waals surface area (Å²) in [4.78, 5) is 27.6. The SMILES string of the molecule is CCN1CCN(C(=O)C(C(=O)O)C(C)(C)C)CC1. The highest BCUT2D eigenvalue weighted by Gasteiger charge is 2.40. The quantitative estimate of drug-likeness (QED) is 0.762. The van der Waals surface area contributed by atoms with Crippen molar-refractivity contribution in [3.05, 3.63) is 0 Å². The Morgan fingerprint density at radius 2 is 1.67 bits per heavy atom. The number of piperazine rings is 1. The third-order valence-electron chi connectivity index (χ3n) is 3.49. The van der Waals surface area contributed by atoms with Crippen LogP contribution in [0.2, 0.25) is 0 Å². The molecule has 0 aromatic rings. The number of aliphatic carboxylic acids is 1. The topological polar surface area (TPSA) is 60.9 Å². The second-order valence-corrected chi connectivity index (χ2v) is 5.90. The lowest BCUT2D eigenvalue weighted by Gasteiger charge is -2.37. The lowest BCUT2D eigenvalue weighted by molar-refractivity contribution is -0.157. The van der Waals surface area contributed by atoms with Crippen LogP contribution in [0.4, 0.5) is 0 Å². The van der Waals surface area contributed by atoms with E-state index >= 15 is 0 Å². The van der Waals surface area contributed by atoms with Gasteiger partial charge in [0.15, 0.2) is 0 Å². The third kappa shape index (κ3) is 3.45. The maximum Gasteiger partial charge on any atom is 0.316 e. The maximum atomic E-state index is 12.3. The first-order chi connectivity index (χ1) is 8.27. The summed E-state index contributed by atoms with van der Waals surface area (Å²) in [5.41, 5.74) is -0.551. The van der Waals surface area contributed by atoms with E-state index < -0.39 is 17.3 Å². The van der Waals surface area contributed by atoms with E-state index in [0.717, 1.165) is 19.6 Å². The van der Waals surface area contributed by atoms with Gasteiger partial charge in [0.2, 0.25) is 5.91 Å². The largest absolute Gasteiger partial charge is 0.481 e. The van der Waals surface area contributed by atoms with Gasteiger partial charge >= 0.3 is 5.97 Å². The maximum absolute atomic E-state index is 12.3. The standard InChI is InChI=1S/C13H24N2O3/c1-5-14-6-8-15(9-7-14)11(16)10(12(17)18)13(2,3)4/h10H,5-9H2,1-4H3,(H,17,18). The monoisotopic (exact) mass is 256 g/mol. The van der Waals surface area contributed by atoms with Crippen molar-refractivity contribution in [2.24, 2.45) is 11.3 Å². The molecular formula is C13H24N2O3. The summed E-state index contributed by atoms with van der Waals surface area (Å²) in [5, 5.41) is 9.25. The molecule has 5 heteroatoms. The van der Waals surface area contributed by atoms with Gasteiger partial charge in [-0.25, -0.2) is 0 Å². The van der Waals surface area contributed by atoms with Gasteiger partial charge in [-0.3, -0.25) is 9.59 Å².